The van der Waals surface area contributed by atoms with Crippen LogP contribution in [0.2, 0.25) is 10.0 Å². The molecule has 0 saturated carbocycles. The molecule has 0 unspecified atom stereocenters. The molecule has 21 heavy (non-hydrogen) atoms. The van der Waals surface area contributed by atoms with Gasteiger partial charge in [-0.05, 0) is 30.3 Å². The number of rotatable bonds is 2. The third kappa shape index (κ3) is 3.41. The highest BCUT2D eigenvalue weighted by molar-refractivity contribution is 6.33. The number of anilines is 2. The highest BCUT2D eigenvalue weighted by Gasteiger charge is 2.30. The van der Waals surface area contributed by atoms with Crippen molar-refractivity contribution >= 4 is 34.6 Å². The average molecular weight is 331 g/mol. The van der Waals surface area contributed by atoms with Gasteiger partial charge in [-0.1, -0.05) is 29.3 Å². The number of nitrogens with one attached hydrogen (secondary N) is 1. The van der Waals surface area contributed by atoms with Crippen molar-refractivity contribution in [3.63, 3.8) is 0 Å². The monoisotopic (exact) mass is 330 g/mol. The second kappa shape index (κ2) is 5.84. The number of alkyl halides is 3. The number of hydrogen-bond donors (Lipinski definition) is 1. The Labute approximate surface area is 128 Å². The van der Waals surface area contributed by atoms with Crippen LogP contribution in [0.5, 0.6) is 0 Å². The molecule has 2 aromatic carbocycles. The smallest absolute Gasteiger partial charge is 0.353 e. The molecule has 0 atom stereocenters. The van der Waals surface area contributed by atoms with Gasteiger partial charge in [0, 0.05) is 0 Å². The molecule has 0 saturated heterocycles. The molecule has 0 aromatic heterocycles. The van der Waals surface area contributed by atoms with E-state index in [9.17, 15) is 13.2 Å². The van der Waals surface area contributed by atoms with Crippen LogP contribution in [0.3, 0.4) is 0 Å². The van der Waals surface area contributed by atoms with Gasteiger partial charge in [-0.25, -0.2) is 0 Å². The molecular formula is C14H7Cl2F3N2. The minimum Gasteiger partial charge on any atom is -0.353 e. The van der Waals surface area contributed by atoms with Crippen LogP contribution in [0, 0.1) is 11.3 Å². The molecule has 0 heterocycles. The lowest BCUT2D eigenvalue weighted by atomic mass is 10.1. The fourth-order valence-corrected chi connectivity index (χ4v) is 2.12. The summed E-state index contributed by atoms with van der Waals surface area (Å²) in [6.07, 6.45) is -4.46. The molecule has 2 aromatic rings. The van der Waals surface area contributed by atoms with Crippen molar-refractivity contribution < 1.29 is 13.2 Å². The van der Waals surface area contributed by atoms with Crippen molar-refractivity contribution in [2.45, 2.75) is 6.18 Å². The van der Waals surface area contributed by atoms with Gasteiger partial charge in [0.2, 0.25) is 0 Å². The summed E-state index contributed by atoms with van der Waals surface area (Å²) < 4.78 is 37.7. The zero-order chi connectivity index (χ0) is 15.6. The molecule has 0 aliphatic carbocycles. The van der Waals surface area contributed by atoms with Crippen molar-refractivity contribution in [3.8, 4) is 6.07 Å². The van der Waals surface area contributed by atoms with Gasteiger partial charge in [0.15, 0.2) is 0 Å². The first-order valence-electron chi connectivity index (χ1n) is 5.65. The van der Waals surface area contributed by atoms with E-state index in [2.05, 4.69) is 5.32 Å². The van der Waals surface area contributed by atoms with E-state index in [-0.39, 0.29) is 21.3 Å². The normalized spacial score (nSPS) is 11.0. The highest BCUT2D eigenvalue weighted by atomic mass is 35.5. The van der Waals surface area contributed by atoms with Crippen LogP contribution in [-0.2, 0) is 6.18 Å². The zero-order valence-corrected chi connectivity index (χ0v) is 11.8. The molecule has 0 amide bonds. The minimum absolute atomic E-state index is 0.103. The quantitative estimate of drug-likeness (QED) is 0.774. The lowest BCUT2D eigenvalue weighted by Gasteiger charge is -2.13. The maximum absolute atomic E-state index is 12.6. The summed E-state index contributed by atoms with van der Waals surface area (Å²) in [6, 6.07) is 9.59. The van der Waals surface area contributed by atoms with Crippen LogP contribution in [0.1, 0.15) is 11.1 Å². The Morgan fingerprint density at radius 3 is 2.29 bits per heavy atom. The van der Waals surface area contributed by atoms with E-state index in [1.807, 2.05) is 6.07 Å². The summed E-state index contributed by atoms with van der Waals surface area (Å²) in [5.74, 6) is 0. The molecule has 0 radical (unpaired) electrons. The molecule has 0 spiro atoms. The Balaban J connectivity index is 2.38. The summed E-state index contributed by atoms with van der Waals surface area (Å²) in [7, 11) is 0. The second-order valence-corrected chi connectivity index (χ2v) is 4.91. The van der Waals surface area contributed by atoms with Crippen LogP contribution in [-0.4, -0.2) is 0 Å². The Kier molecular flexibility index (Phi) is 4.31. The van der Waals surface area contributed by atoms with E-state index < -0.39 is 11.7 Å². The van der Waals surface area contributed by atoms with Crippen molar-refractivity contribution in [2.75, 3.05) is 5.32 Å². The lowest BCUT2D eigenvalue weighted by molar-refractivity contribution is -0.137. The summed E-state index contributed by atoms with van der Waals surface area (Å²) >= 11 is 11.7. The molecule has 7 heteroatoms. The number of nitrogens with zero attached hydrogens (tertiary/aromatic N) is 1. The van der Waals surface area contributed by atoms with E-state index in [0.29, 0.717) is 5.69 Å². The van der Waals surface area contributed by atoms with Crippen LogP contribution in [0.4, 0.5) is 24.5 Å². The predicted octanol–water partition coefficient (Wildman–Crippen LogP) is 5.63. The minimum atomic E-state index is -4.46. The number of halogens is 5. The zero-order valence-electron chi connectivity index (χ0n) is 10.3. The molecule has 2 rings (SSSR count). The van der Waals surface area contributed by atoms with Crippen LogP contribution >= 0.6 is 23.2 Å². The van der Waals surface area contributed by atoms with Gasteiger partial charge in [0.05, 0.1) is 32.5 Å². The lowest BCUT2D eigenvalue weighted by Crippen LogP contribution is -2.05. The van der Waals surface area contributed by atoms with Crippen LogP contribution < -0.4 is 5.32 Å². The van der Waals surface area contributed by atoms with Gasteiger partial charge in [0.1, 0.15) is 6.07 Å². The summed E-state index contributed by atoms with van der Waals surface area (Å²) in [5, 5.41) is 12.0. The van der Waals surface area contributed by atoms with Crippen LogP contribution in [0.25, 0.3) is 0 Å². The van der Waals surface area contributed by atoms with E-state index in [1.54, 1.807) is 18.2 Å². The first kappa shape index (κ1) is 15.5. The Morgan fingerprint density at radius 1 is 1.00 bits per heavy atom. The highest BCUT2D eigenvalue weighted by Crippen LogP contribution is 2.35. The maximum Gasteiger partial charge on any atom is 0.416 e. The topological polar surface area (TPSA) is 35.8 Å². The molecular weight excluding hydrogens is 324 g/mol. The molecule has 1 N–H and O–H groups in total. The molecule has 0 fully saturated rings. The SMILES string of the molecule is N#Cc1c(Cl)cccc1Nc1ccc(C(F)(F)F)cc1Cl. The van der Waals surface area contributed by atoms with E-state index in [1.165, 1.54) is 6.07 Å². The Hall–Kier alpha value is -1.90. The third-order valence-corrected chi connectivity index (χ3v) is 3.32. The van der Waals surface area contributed by atoms with Gasteiger partial charge in [0.25, 0.3) is 0 Å². The fraction of sp³-hybridized carbons (Fsp3) is 0.0714. The molecule has 0 bridgehead atoms. The molecule has 2 nitrogen and oxygen atoms in total. The van der Waals surface area contributed by atoms with E-state index in [4.69, 9.17) is 28.5 Å². The first-order valence-corrected chi connectivity index (χ1v) is 6.41. The van der Waals surface area contributed by atoms with Gasteiger partial charge in [-0.3, -0.25) is 0 Å². The fourth-order valence-electron chi connectivity index (χ4n) is 1.68. The summed E-state index contributed by atoms with van der Waals surface area (Å²) in [4.78, 5) is 0. The van der Waals surface area contributed by atoms with Crippen LogP contribution in [0.15, 0.2) is 36.4 Å². The van der Waals surface area contributed by atoms with Gasteiger partial charge < -0.3 is 5.32 Å². The summed E-state index contributed by atoms with van der Waals surface area (Å²) in [6.45, 7) is 0. The number of benzene rings is 2. The molecule has 108 valence electrons. The Morgan fingerprint density at radius 2 is 1.71 bits per heavy atom. The van der Waals surface area contributed by atoms with Gasteiger partial charge >= 0.3 is 6.18 Å². The van der Waals surface area contributed by atoms with Crippen molar-refractivity contribution in [1.29, 1.82) is 5.26 Å². The number of hydrogen-bond acceptors (Lipinski definition) is 2. The standard InChI is InChI=1S/C14H7Cl2F3N2/c15-10-2-1-3-12(9(10)7-20)21-13-5-4-8(6-11(13)16)14(17,18)19/h1-6,21H. The van der Waals surface area contributed by atoms with Gasteiger partial charge in [-0.15, -0.1) is 0 Å². The maximum atomic E-state index is 12.6. The van der Waals surface area contributed by atoms with Gasteiger partial charge in [-0.2, -0.15) is 18.4 Å². The van der Waals surface area contributed by atoms with Crippen molar-refractivity contribution in [3.05, 3.63) is 57.6 Å². The average Bonchev–Trinajstić information content (AvgIpc) is 2.40. The molecule has 0 aliphatic heterocycles. The third-order valence-electron chi connectivity index (χ3n) is 2.69. The predicted molar refractivity (Wildman–Crippen MR) is 75.9 cm³/mol. The van der Waals surface area contributed by atoms with E-state index >= 15 is 0 Å². The second-order valence-electron chi connectivity index (χ2n) is 4.09. The van der Waals surface area contributed by atoms with Crippen molar-refractivity contribution in [2.24, 2.45) is 0 Å². The Bertz CT molecular complexity index is 721. The largest absolute Gasteiger partial charge is 0.416 e. The number of nitriles is 1. The molecule has 0 aliphatic rings. The van der Waals surface area contributed by atoms with E-state index in [0.717, 1.165) is 12.1 Å². The first-order chi connectivity index (χ1) is 9.82. The summed E-state index contributed by atoms with van der Waals surface area (Å²) in [5.41, 5.74) is -0.0325. The van der Waals surface area contributed by atoms with Crippen molar-refractivity contribution in [1.82, 2.24) is 0 Å².